The van der Waals surface area contributed by atoms with Gasteiger partial charge in [0.2, 0.25) is 0 Å². The average molecular weight is 389 g/mol. The van der Waals surface area contributed by atoms with E-state index in [0.717, 1.165) is 17.4 Å². The third-order valence-electron chi connectivity index (χ3n) is 4.62. The zero-order chi connectivity index (χ0) is 19.8. The van der Waals surface area contributed by atoms with E-state index in [9.17, 15) is 23.1 Å². The van der Waals surface area contributed by atoms with Gasteiger partial charge in [0.25, 0.3) is 5.91 Å². The molecule has 1 aliphatic rings. The fraction of sp³-hybridized carbons (Fsp3) is 0.263. The fourth-order valence-corrected chi connectivity index (χ4v) is 3.84. The average Bonchev–Trinajstić information content (AvgIpc) is 2.65. The van der Waals surface area contributed by atoms with E-state index >= 15 is 0 Å². The van der Waals surface area contributed by atoms with E-state index in [-0.39, 0.29) is 29.2 Å². The number of aliphatic carboxylic acids is 1. The lowest BCUT2D eigenvalue weighted by Gasteiger charge is -2.34. The van der Waals surface area contributed by atoms with E-state index in [4.69, 9.17) is 4.74 Å². The third kappa shape index (κ3) is 3.66. The van der Waals surface area contributed by atoms with Crippen molar-refractivity contribution in [1.82, 2.24) is 4.90 Å². The Bertz CT molecular complexity index is 1010. The molecule has 2 aromatic carbocycles. The highest BCUT2D eigenvalue weighted by atomic mass is 32.2. The summed E-state index contributed by atoms with van der Waals surface area (Å²) in [7, 11) is -2.17. The van der Waals surface area contributed by atoms with Crippen molar-refractivity contribution in [2.45, 2.75) is 23.9 Å². The highest BCUT2D eigenvalue weighted by Crippen LogP contribution is 2.29. The standard InChI is InChI=1S/C19H19NO6S/c1-26-17-8-7-14(27(2,24)25)10-15(17)18(21)20-11-13-6-4-3-5-12(13)9-16(20)19(22)23/h3-8,10,16H,9,11H2,1-2H3,(H,22,23). The maximum Gasteiger partial charge on any atom is 0.326 e. The number of ether oxygens (including phenoxy) is 1. The molecule has 0 aromatic heterocycles. The summed E-state index contributed by atoms with van der Waals surface area (Å²) in [5, 5.41) is 9.62. The normalized spacial score (nSPS) is 16.5. The van der Waals surface area contributed by atoms with Crippen molar-refractivity contribution < 1.29 is 27.9 Å². The van der Waals surface area contributed by atoms with Gasteiger partial charge in [-0.05, 0) is 29.3 Å². The van der Waals surface area contributed by atoms with Gasteiger partial charge in [0.15, 0.2) is 9.84 Å². The van der Waals surface area contributed by atoms with E-state index in [1.807, 2.05) is 24.3 Å². The van der Waals surface area contributed by atoms with Gasteiger partial charge < -0.3 is 14.7 Å². The van der Waals surface area contributed by atoms with E-state index in [1.54, 1.807) is 0 Å². The number of carbonyl (C=O) groups excluding carboxylic acids is 1. The first kappa shape index (κ1) is 18.9. The molecule has 0 fully saturated rings. The van der Waals surface area contributed by atoms with E-state index in [1.165, 1.54) is 30.2 Å². The van der Waals surface area contributed by atoms with Crippen LogP contribution in [0.4, 0.5) is 0 Å². The van der Waals surface area contributed by atoms with Gasteiger partial charge >= 0.3 is 5.97 Å². The van der Waals surface area contributed by atoms with E-state index in [2.05, 4.69) is 0 Å². The molecule has 1 N–H and O–H groups in total. The van der Waals surface area contributed by atoms with E-state index in [0.29, 0.717) is 0 Å². The molecule has 0 bridgehead atoms. The molecule has 1 unspecified atom stereocenters. The summed E-state index contributed by atoms with van der Waals surface area (Å²) < 4.78 is 28.9. The van der Waals surface area contributed by atoms with Crippen LogP contribution in [-0.4, -0.2) is 49.7 Å². The zero-order valence-electron chi connectivity index (χ0n) is 14.9. The van der Waals surface area contributed by atoms with Crippen LogP contribution in [0.2, 0.25) is 0 Å². The van der Waals surface area contributed by atoms with Crippen molar-refractivity contribution >= 4 is 21.7 Å². The third-order valence-corrected chi connectivity index (χ3v) is 5.73. The molecule has 2 aromatic rings. The number of carbonyl (C=O) groups is 2. The second-order valence-corrected chi connectivity index (χ2v) is 8.41. The van der Waals surface area contributed by atoms with Crippen LogP contribution in [0, 0.1) is 0 Å². The van der Waals surface area contributed by atoms with Gasteiger partial charge in [0.05, 0.1) is 17.6 Å². The monoisotopic (exact) mass is 389 g/mol. The largest absolute Gasteiger partial charge is 0.496 e. The Balaban J connectivity index is 2.07. The summed E-state index contributed by atoms with van der Waals surface area (Å²) in [6, 6.07) is 10.3. The number of hydrogen-bond acceptors (Lipinski definition) is 5. The predicted octanol–water partition coefficient (Wildman–Crippen LogP) is 1.75. The molecule has 0 aliphatic carbocycles. The van der Waals surface area contributed by atoms with Crippen LogP contribution in [0.3, 0.4) is 0 Å². The summed E-state index contributed by atoms with van der Waals surface area (Å²) in [6.07, 6.45) is 1.23. The van der Waals surface area contributed by atoms with Crippen LogP contribution in [-0.2, 0) is 27.6 Å². The Morgan fingerprint density at radius 2 is 1.81 bits per heavy atom. The number of carboxylic acid groups (broad SMARTS) is 1. The van der Waals surface area contributed by atoms with Crippen LogP contribution in [0.15, 0.2) is 47.4 Å². The number of methoxy groups -OCH3 is 1. The van der Waals surface area contributed by atoms with Crippen LogP contribution >= 0.6 is 0 Å². The number of amides is 1. The molecule has 1 heterocycles. The van der Waals surface area contributed by atoms with Crippen LogP contribution < -0.4 is 4.74 Å². The molecule has 0 saturated heterocycles. The summed E-state index contributed by atoms with van der Waals surface area (Å²) in [6.45, 7) is 0.123. The highest BCUT2D eigenvalue weighted by molar-refractivity contribution is 7.90. The number of nitrogens with zero attached hydrogens (tertiary/aromatic N) is 1. The summed E-state index contributed by atoms with van der Waals surface area (Å²) >= 11 is 0. The van der Waals surface area contributed by atoms with Gasteiger partial charge in [0.1, 0.15) is 11.8 Å². The quantitative estimate of drug-likeness (QED) is 0.855. The fourth-order valence-electron chi connectivity index (χ4n) is 3.20. The smallest absolute Gasteiger partial charge is 0.326 e. The molecule has 0 saturated carbocycles. The first-order valence-corrected chi connectivity index (χ1v) is 10.1. The molecule has 3 rings (SSSR count). The highest BCUT2D eigenvalue weighted by Gasteiger charge is 2.36. The lowest BCUT2D eigenvalue weighted by molar-refractivity contribution is -0.142. The molecule has 0 radical (unpaired) electrons. The second kappa shape index (κ2) is 7.03. The van der Waals surface area contributed by atoms with Crippen molar-refractivity contribution in [3.8, 4) is 5.75 Å². The Morgan fingerprint density at radius 3 is 2.41 bits per heavy atom. The predicted molar refractivity (Wildman–Crippen MR) is 97.5 cm³/mol. The lowest BCUT2D eigenvalue weighted by atomic mass is 9.93. The molecule has 27 heavy (non-hydrogen) atoms. The minimum Gasteiger partial charge on any atom is -0.496 e. The summed E-state index contributed by atoms with van der Waals surface area (Å²) in [5.74, 6) is -1.51. The van der Waals surface area contributed by atoms with Crippen molar-refractivity contribution in [2.75, 3.05) is 13.4 Å². The Morgan fingerprint density at radius 1 is 1.15 bits per heavy atom. The summed E-state index contributed by atoms with van der Waals surface area (Å²) in [4.78, 5) is 26.2. The number of hydrogen-bond donors (Lipinski definition) is 1. The maximum absolute atomic E-state index is 13.2. The molecule has 8 heteroatoms. The Labute approximate surface area is 157 Å². The summed E-state index contributed by atoms with van der Waals surface area (Å²) in [5.41, 5.74) is 1.76. The van der Waals surface area contributed by atoms with Crippen molar-refractivity contribution in [1.29, 1.82) is 0 Å². The van der Waals surface area contributed by atoms with Gasteiger partial charge in [-0.1, -0.05) is 24.3 Å². The van der Waals surface area contributed by atoms with Crippen LogP contribution in [0.25, 0.3) is 0 Å². The lowest BCUT2D eigenvalue weighted by Crippen LogP contribution is -2.48. The second-order valence-electron chi connectivity index (χ2n) is 6.39. The zero-order valence-corrected chi connectivity index (χ0v) is 15.7. The number of rotatable bonds is 4. The molecular weight excluding hydrogens is 370 g/mol. The van der Waals surface area contributed by atoms with Crippen LogP contribution in [0.5, 0.6) is 5.75 Å². The Kier molecular flexibility index (Phi) is 4.93. The van der Waals surface area contributed by atoms with Crippen molar-refractivity contribution in [2.24, 2.45) is 0 Å². The van der Waals surface area contributed by atoms with Gasteiger partial charge in [-0.3, -0.25) is 4.79 Å². The van der Waals surface area contributed by atoms with Gasteiger partial charge in [-0.25, -0.2) is 13.2 Å². The number of sulfone groups is 1. The van der Waals surface area contributed by atoms with Gasteiger partial charge in [-0.2, -0.15) is 0 Å². The van der Waals surface area contributed by atoms with Crippen molar-refractivity contribution in [3.05, 3.63) is 59.2 Å². The number of fused-ring (bicyclic) bond motifs is 1. The Hall–Kier alpha value is -2.87. The number of benzene rings is 2. The molecule has 142 valence electrons. The topological polar surface area (TPSA) is 101 Å². The molecule has 1 atom stereocenters. The first-order valence-electron chi connectivity index (χ1n) is 8.21. The molecule has 0 spiro atoms. The minimum absolute atomic E-state index is 0.0195. The maximum atomic E-state index is 13.2. The molecular formula is C19H19NO6S. The first-order chi connectivity index (χ1) is 12.7. The number of carboxylic acids is 1. The van der Waals surface area contributed by atoms with Gasteiger partial charge in [-0.15, -0.1) is 0 Å². The molecule has 1 aliphatic heterocycles. The SMILES string of the molecule is COc1ccc(S(C)(=O)=O)cc1C(=O)N1Cc2ccccc2CC1C(=O)O. The van der Waals surface area contributed by atoms with Crippen molar-refractivity contribution in [3.63, 3.8) is 0 Å². The van der Waals surface area contributed by atoms with Crippen LogP contribution in [0.1, 0.15) is 21.5 Å². The minimum atomic E-state index is -3.54. The molecule has 1 amide bonds. The van der Waals surface area contributed by atoms with E-state index < -0.39 is 27.8 Å². The van der Waals surface area contributed by atoms with Gasteiger partial charge in [0, 0.05) is 19.2 Å². The molecule has 7 nitrogen and oxygen atoms in total.